The Morgan fingerprint density at radius 3 is 2.56 bits per heavy atom. The third-order valence-electron chi connectivity index (χ3n) is 3.60. The molecule has 2 N–H and O–H groups in total. The number of nitrogens with zero attached hydrogens (tertiary/aromatic N) is 1. The Morgan fingerprint density at radius 1 is 1.36 bits per heavy atom. The maximum atomic E-state index is 12.1. The molecule has 0 saturated carbocycles. The molecule has 2 rings (SSSR count). The van der Waals surface area contributed by atoms with Crippen LogP contribution in [0, 0.1) is 0 Å². The predicted molar refractivity (Wildman–Crippen MR) is 82.4 cm³/mol. The first-order chi connectivity index (χ1) is 11.6. The molecule has 1 aromatic rings. The molecule has 0 aromatic heterocycles. The molecule has 0 radical (unpaired) electrons. The van der Waals surface area contributed by atoms with Crippen molar-refractivity contribution >= 4 is 15.9 Å². The van der Waals surface area contributed by atoms with Gasteiger partial charge in [-0.1, -0.05) is 0 Å². The van der Waals surface area contributed by atoms with Crippen molar-refractivity contribution in [3.8, 4) is 5.75 Å². The molecule has 140 valence electrons. The van der Waals surface area contributed by atoms with Crippen molar-refractivity contribution in [1.29, 1.82) is 0 Å². The number of hydrogen-bond donors (Lipinski definition) is 2. The van der Waals surface area contributed by atoms with Gasteiger partial charge in [-0.2, -0.15) is 0 Å². The lowest BCUT2D eigenvalue weighted by atomic mass is 10.2. The summed E-state index contributed by atoms with van der Waals surface area (Å²) in [6, 6.07) is 3.68. The van der Waals surface area contributed by atoms with Gasteiger partial charge in [-0.25, -0.2) is 13.1 Å². The molecule has 1 saturated heterocycles. The molecular weight excluding hydrogens is 363 g/mol. The second-order valence-corrected chi connectivity index (χ2v) is 7.25. The number of hydrogen-bond acceptors (Lipinski definition) is 5. The van der Waals surface area contributed by atoms with Crippen LogP contribution < -0.4 is 14.8 Å². The smallest absolute Gasteiger partial charge is 0.406 e. The minimum Gasteiger partial charge on any atom is -0.406 e. The lowest BCUT2D eigenvalue weighted by molar-refractivity contribution is -0.274. The van der Waals surface area contributed by atoms with Crippen LogP contribution in [0.4, 0.5) is 13.2 Å². The number of amides is 1. The minimum atomic E-state index is -4.86. The third-order valence-corrected chi connectivity index (χ3v) is 5.02. The summed E-state index contributed by atoms with van der Waals surface area (Å²) in [5.41, 5.74) is 0. The molecule has 0 spiro atoms. The Balaban J connectivity index is 1.98. The zero-order valence-electron chi connectivity index (χ0n) is 13.3. The van der Waals surface area contributed by atoms with Crippen LogP contribution in [0.3, 0.4) is 0 Å². The van der Waals surface area contributed by atoms with E-state index in [2.05, 4.69) is 14.8 Å². The Labute approximate surface area is 143 Å². The maximum Gasteiger partial charge on any atom is 0.573 e. The summed E-state index contributed by atoms with van der Waals surface area (Å²) in [5.74, 6) is -0.897. The Hall–Kier alpha value is -1.85. The zero-order valence-corrected chi connectivity index (χ0v) is 14.2. The number of carbonyl (C=O) groups excluding carboxylic acids is 1. The quantitative estimate of drug-likeness (QED) is 0.783. The Bertz CT molecular complexity index is 707. The van der Waals surface area contributed by atoms with Gasteiger partial charge in [0, 0.05) is 25.7 Å². The lowest BCUT2D eigenvalue weighted by Gasteiger charge is -2.34. The maximum absolute atomic E-state index is 12.1. The number of ether oxygens (including phenoxy) is 1. The van der Waals surface area contributed by atoms with Gasteiger partial charge in [0.05, 0.1) is 11.4 Å². The van der Waals surface area contributed by atoms with E-state index in [0.717, 1.165) is 24.3 Å². The van der Waals surface area contributed by atoms with Gasteiger partial charge in [0.25, 0.3) is 0 Å². The van der Waals surface area contributed by atoms with E-state index < -0.39 is 28.7 Å². The van der Waals surface area contributed by atoms with Gasteiger partial charge in [-0.15, -0.1) is 13.2 Å². The number of benzene rings is 1. The normalized spacial score (nSPS) is 18.9. The van der Waals surface area contributed by atoms with Gasteiger partial charge in [-0.05, 0) is 31.2 Å². The summed E-state index contributed by atoms with van der Waals surface area (Å²) in [4.78, 5) is 13.4. The highest BCUT2D eigenvalue weighted by Gasteiger charge is 2.31. The van der Waals surface area contributed by atoms with Crippen LogP contribution in [0.5, 0.6) is 5.75 Å². The first-order valence-electron chi connectivity index (χ1n) is 7.44. The molecule has 0 unspecified atom stereocenters. The fourth-order valence-electron chi connectivity index (χ4n) is 2.37. The number of piperazine rings is 1. The number of carbonyl (C=O) groups is 1. The summed E-state index contributed by atoms with van der Waals surface area (Å²) in [6.45, 7) is 3.15. The van der Waals surface area contributed by atoms with Crippen LogP contribution in [-0.4, -0.2) is 57.8 Å². The van der Waals surface area contributed by atoms with Gasteiger partial charge in [-0.3, -0.25) is 4.79 Å². The van der Waals surface area contributed by atoms with E-state index in [1.165, 1.54) is 0 Å². The van der Waals surface area contributed by atoms with Crippen molar-refractivity contribution in [2.75, 3.05) is 26.2 Å². The monoisotopic (exact) mass is 381 g/mol. The van der Waals surface area contributed by atoms with E-state index in [9.17, 15) is 26.4 Å². The fraction of sp³-hybridized carbons (Fsp3) is 0.500. The summed E-state index contributed by atoms with van der Waals surface area (Å²) in [5, 5.41) is 3.11. The fourth-order valence-corrected chi connectivity index (χ4v) is 3.35. The van der Waals surface area contributed by atoms with E-state index in [1.807, 2.05) is 6.92 Å². The average molecular weight is 381 g/mol. The van der Waals surface area contributed by atoms with Crippen molar-refractivity contribution in [2.24, 2.45) is 0 Å². The SMILES string of the molecule is C[C@H]1CNCCN1C(=O)CNS(=O)(=O)c1ccc(OC(F)(F)F)cc1. The molecule has 1 fully saturated rings. The molecule has 1 amide bonds. The Kier molecular flexibility index (Phi) is 5.91. The molecule has 0 bridgehead atoms. The second kappa shape index (κ2) is 7.58. The van der Waals surface area contributed by atoms with Crippen LogP contribution in [-0.2, 0) is 14.8 Å². The number of rotatable bonds is 5. The van der Waals surface area contributed by atoms with Gasteiger partial charge < -0.3 is 15.0 Å². The summed E-state index contributed by atoms with van der Waals surface area (Å²) in [7, 11) is -4.02. The minimum absolute atomic E-state index is 0.0513. The highest BCUT2D eigenvalue weighted by atomic mass is 32.2. The molecule has 25 heavy (non-hydrogen) atoms. The van der Waals surface area contributed by atoms with Crippen molar-refractivity contribution < 1.29 is 31.1 Å². The van der Waals surface area contributed by atoms with Crippen LogP contribution in [0.15, 0.2) is 29.2 Å². The van der Waals surface area contributed by atoms with Gasteiger partial charge >= 0.3 is 6.36 Å². The van der Waals surface area contributed by atoms with E-state index in [1.54, 1.807) is 4.90 Å². The summed E-state index contributed by atoms with van der Waals surface area (Å²) in [6.07, 6.45) is -4.86. The summed E-state index contributed by atoms with van der Waals surface area (Å²) < 4.78 is 66.4. The number of alkyl halides is 3. The molecular formula is C14H18F3N3O4S. The number of halogens is 3. The second-order valence-electron chi connectivity index (χ2n) is 5.48. The molecule has 1 heterocycles. The third kappa shape index (κ3) is 5.58. The van der Waals surface area contributed by atoms with E-state index in [4.69, 9.17) is 0 Å². The highest BCUT2D eigenvalue weighted by molar-refractivity contribution is 7.89. The largest absolute Gasteiger partial charge is 0.573 e. The number of sulfonamides is 1. The highest BCUT2D eigenvalue weighted by Crippen LogP contribution is 2.23. The van der Waals surface area contributed by atoms with Gasteiger partial charge in [0.2, 0.25) is 15.9 Å². The molecule has 1 aromatic carbocycles. The molecule has 1 aliphatic rings. The van der Waals surface area contributed by atoms with Gasteiger partial charge in [0.1, 0.15) is 5.75 Å². The zero-order chi connectivity index (χ0) is 18.7. The van der Waals surface area contributed by atoms with Crippen LogP contribution >= 0.6 is 0 Å². The molecule has 1 atom stereocenters. The van der Waals surface area contributed by atoms with E-state index in [-0.39, 0.29) is 16.8 Å². The van der Waals surface area contributed by atoms with E-state index in [0.29, 0.717) is 19.6 Å². The molecule has 7 nitrogen and oxygen atoms in total. The standard InChI is InChI=1S/C14H18F3N3O4S/c1-10-8-18-6-7-20(10)13(21)9-19-25(22,23)12-4-2-11(3-5-12)24-14(15,16)17/h2-5,10,18-19H,6-9H2,1H3/t10-/m0/s1. The molecule has 11 heteroatoms. The van der Waals surface area contributed by atoms with E-state index >= 15 is 0 Å². The molecule has 0 aliphatic carbocycles. The topological polar surface area (TPSA) is 87.7 Å². The first kappa shape index (κ1) is 19.5. The van der Waals surface area contributed by atoms with Crippen LogP contribution in [0.25, 0.3) is 0 Å². The average Bonchev–Trinajstić information content (AvgIpc) is 2.52. The van der Waals surface area contributed by atoms with Gasteiger partial charge in [0.15, 0.2) is 0 Å². The predicted octanol–water partition coefficient (Wildman–Crippen LogP) is 0.684. The van der Waals surface area contributed by atoms with Crippen molar-refractivity contribution in [3.63, 3.8) is 0 Å². The first-order valence-corrected chi connectivity index (χ1v) is 8.92. The van der Waals surface area contributed by atoms with Crippen molar-refractivity contribution in [1.82, 2.24) is 14.9 Å². The number of nitrogens with one attached hydrogen (secondary N) is 2. The van der Waals surface area contributed by atoms with Crippen LogP contribution in [0.2, 0.25) is 0 Å². The summed E-state index contributed by atoms with van der Waals surface area (Å²) >= 11 is 0. The van der Waals surface area contributed by atoms with Crippen LogP contribution in [0.1, 0.15) is 6.92 Å². The lowest BCUT2D eigenvalue weighted by Crippen LogP contribution is -2.54. The van der Waals surface area contributed by atoms with Crippen molar-refractivity contribution in [3.05, 3.63) is 24.3 Å². The molecule has 1 aliphatic heterocycles. The van der Waals surface area contributed by atoms with Crippen molar-refractivity contribution in [2.45, 2.75) is 24.2 Å². The Morgan fingerprint density at radius 2 is 2.00 bits per heavy atom.